The van der Waals surface area contributed by atoms with E-state index in [4.69, 9.17) is 11.6 Å². The molecule has 0 atom stereocenters. The molecule has 6 heteroatoms. The number of halogens is 1. The number of aromatic nitrogens is 3. The number of nitrogens with zero attached hydrogens (tertiary/aromatic N) is 3. The van der Waals surface area contributed by atoms with Crippen molar-refractivity contribution < 1.29 is 0 Å². The van der Waals surface area contributed by atoms with Gasteiger partial charge in [0.05, 0.1) is 11.4 Å². The average molecular weight is 266 g/mol. The molecular formula is C11H8ClN3OS. The molecule has 1 aliphatic rings. The Morgan fingerprint density at radius 3 is 3.06 bits per heavy atom. The Morgan fingerprint density at radius 2 is 2.24 bits per heavy atom. The number of aryl methyl sites for hydroxylation is 1. The molecule has 86 valence electrons. The van der Waals surface area contributed by atoms with Crippen LogP contribution in [0.15, 0.2) is 27.9 Å². The van der Waals surface area contributed by atoms with E-state index in [1.54, 1.807) is 29.3 Å². The lowest BCUT2D eigenvalue weighted by Crippen LogP contribution is -2.28. The van der Waals surface area contributed by atoms with Crippen molar-refractivity contribution in [1.29, 1.82) is 0 Å². The summed E-state index contributed by atoms with van der Waals surface area (Å²) in [5.74, 6) is 1.32. The van der Waals surface area contributed by atoms with E-state index < -0.39 is 0 Å². The van der Waals surface area contributed by atoms with Gasteiger partial charge in [-0.05, 0) is 25.1 Å². The van der Waals surface area contributed by atoms with Crippen molar-refractivity contribution in [3.8, 4) is 5.69 Å². The van der Waals surface area contributed by atoms with Gasteiger partial charge in [-0.2, -0.15) is 0 Å². The van der Waals surface area contributed by atoms with Crippen LogP contribution in [-0.4, -0.2) is 14.8 Å². The van der Waals surface area contributed by atoms with Crippen LogP contribution in [0.4, 0.5) is 0 Å². The average Bonchev–Trinajstić information content (AvgIpc) is 2.33. The Bertz CT molecular complexity index is 668. The first-order valence-corrected chi connectivity index (χ1v) is 6.41. The Hall–Kier alpha value is -1.33. The molecule has 0 saturated carbocycles. The standard InChI is InChI=1S/C11H8ClN3OS/c1-6-11(16)15-8-3-2-7(12)4-9(8)17-5-10(15)14-13-6/h2-4H,5H2,1H3. The minimum Gasteiger partial charge on any atom is -0.267 e. The quantitative estimate of drug-likeness (QED) is 0.733. The minimum atomic E-state index is -0.112. The lowest BCUT2D eigenvalue weighted by atomic mass is 10.3. The van der Waals surface area contributed by atoms with Gasteiger partial charge in [-0.25, -0.2) is 0 Å². The second-order valence-corrected chi connectivity index (χ2v) is 5.20. The third kappa shape index (κ3) is 1.66. The summed E-state index contributed by atoms with van der Waals surface area (Å²) in [6.45, 7) is 1.67. The van der Waals surface area contributed by atoms with Crippen LogP contribution in [0, 0.1) is 6.92 Å². The molecule has 0 N–H and O–H groups in total. The molecule has 2 heterocycles. The van der Waals surface area contributed by atoms with Crippen LogP contribution in [0.25, 0.3) is 5.69 Å². The smallest absolute Gasteiger partial charge is 0.267 e. The summed E-state index contributed by atoms with van der Waals surface area (Å²) in [6.07, 6.45) is 0. The monoisotopic (exact) mass is 265 g/mol. The summed E-state index contributed by atoms with van der Waals surface area (Å²) >= 11 is 7.56. The Kier molecular flexibility index (Phi) is 2.45. The van der Waals surface area contributed by atoms with Crippen molar-refractivity contribution in [1.82, 2.24) is 14.8 Å². The van der Waals surface area contributed by atoms with Crippen LogP contribution in [0.3, 0.4) is 0 Å². The first-order valence-electron chi connectivity index (χ1n) is 5.05. The van der Waals surface area contributed by atoms with Gasteiger partial charge < -0.3 is 0 Å². The van der Waals surface area contributed by atoms with Crippen LogP contribution >= 0.6 is 23.4 Å². The highest BCUT2D eigenvalue weighted by Crippen LogP contribution is 2.34. The van der Waals surface area contributed by atoms with E-state index in [9.17, 15) is 4.79 Å². The molecule has 17 heavy (non-hydrogen) atoms. The van der Waals surface area contributed by atoms with Crippen molar-refractivity contribution in [3.05, 3.63) is 45.1 Å². The van der Waals surface area contributed by atoms with Crippen molar-refractivity contribution in [2.24, 2.45) is 0 Å². The lowest BCUT2D eigenvalue weighted by Gasteiger charge is -2.19. The fourth-order valence-electron chi connectivity index (χ4n) is 1.77. The molecule has 2 aromatic rings. The second-order valence-electron chi connectivity index (χ2n) is 3.74. The molecule has 3 rings (SSSR count). The van der Waals surface area contributed by atoms with Gasteiger partial charge in [-0.15, -0.1) is 22.0 Å². The molecule has 0 saturated heterocycles. The number of hydrogen-bond donors (Lipinski definition) is 0. The van der Waals surface area contributed by atoms with E-state index in [-0.39, 0.29) is 5.56 Å². The van der Waals surface area contributed by atoms with Crippen LogP contribution in [0.2, 0.25) is 5.02 Å². The van der Waals surface area contributed by atoms with E-state index in [2.05, 4.69) is 10.2 Å². The van der Waals surface area contributed by atoms with Crippen molar-refractivity contribution >= 4 is 23.4 Å². The predicted octanol–water partition coefficient (Wildman–Crippen LogP) is 2.20. The SMILES string of the molecule is Cc1nnc2n(c1=O)-c1ccc(Cl)cc1SC2. The molecular weight excluding hydrogens is 258 g/mol. The van der Waals surface area contributed by atoms with Gasteiger partial charge in [0.15, 0.2) is 0 Å². The maximum atomic E-state index is 12.1. The normalized spacial score (nSPS) is 13.1. The second kappa shape index (κ2) is 3.85. The van der Waals surface area contributed by atoms with E-state index in [0.717, 1.165) is 10.6 Å². The Balaban J connectivity index is 2.36. The van der Waals surface area contributed by atoms with Gasteiger partial charge in [0.1, 0.15) is 11.5 Å². The van der Waals surface area contributed by atoms with Crippen LogP contribution in [0.1, 0.15) is 11.5 Å². The summed E-state index contributed by atoms with van der Waals surface area (Å²) in [5, 5.41) is 8.59. The zero-order valence-electron chi connectivity index (χ0n) is 8.98. The van der Waals surface area contributed by atoms with Gasteiger partial charge in [0.2, 0.25) is 0 Å². The maximum Gasteiger partial charge on any atom is 0.279 e. The molecule has 0 unspecified atom stereocenters. The van der Waals surface area contributed by atoms with E-state index in [0.29, 0.717) is 22.3 Å². The van der Waals surface area contributed by atoms with E-state index >= 15 is 0 Å². The topological polar surface area (TPSA) is 47.8 Å². The Labute approximate surface area is 107 Å². The van der Waals surface area contributed by atoms with E-state index in [1.807, 2.05) is 12.1 Å². The Morgan fingerprint density at radius 1 is 1.41 bits per heavy atom. The minimum absolute atomic E-state index is 0.112. The molecule has 1 aromatic carbocycles. The first kappa shape index (κ1) is 10.8. The van der Waals surface area contributed by atoms with Gasteiger partial charge in [0, 0.05) is 9.92 Å². The molecule has 0 spiro atoms. The third-order valence-corrected chi connectivity index (χ3v) is 3.88. The zero-order valence-corrected chi connectivity index (χ0v) is 10.5. The molecule has 1 aromatic heterocycles. The fourth-order valence-corrected chi connectivity index (χ4v) is 3.00. The maximum absolute atomic E-state index is 12.1. The van der Waals surface area contributed by atoms with Crippen molar-refractivity contribution in [2.45, 2.75) is 17.6 Å². The van der Waals surface area contributed by atoms with Crippen LogP contribution in [-0.2, 0) is 5.75 Å². The van der Waals surface area contributed by atoms with Crippen molar-refractivity contribution in [2.75, 3.05) is 0 Å². The highest BCUT2D eigenvalue weighted by atomic mass is 35.5. The molecule has 0 radical (unpaired) electrons. The van der Waals surface area contributed by atoms with Gasteiger partial charge in [-0.3, -0.25) is 9.36 Å². The third-order valence-electron chi connectivity index (χ3n) is 2.61. The highest BCUT2D eigenvalue weighted by molar-refractivity contribution is 7.98. The number of thioether (sulfide) groups is 1. The predicted molar refractivity (Wildman–Crippen MR) is 66.9 cm³/mol. The number of hydrogen-bond acceptors (Lipinski definition) is 4. The fraction of sp³-hybridized carbons (Fsp3) is 0.182. The molecule has 0 amide bonds. The zero-order chi connectivity index (χ0) is 12.0. The first-order chi connectivity index (χ1) is 8.16. The molecule has 0 bridgehead atoms. The molecule has 0 aliphatic carbocycles. The van der Waals surface area contributed by atoms with Gasteiger partial charge >= 0.3 is 0 Å². The molecule has 4 nitrogen and oxygen atoms in total. The summed E-state index contributed by atoms with van der Waals surface area (Å²) in [6, 6.07) is 5.49. The summed E-state index contributed by atoms with van der Waals surface area (Å²) in [4.78, 5) is 13.1. The lowest BCUT2D eigenvalue weighted by molar-refractivity contribution is 0.750. The summed E-state index contributed by atoms with van der Waals surface area (Å²) < 4.78 is 1.62. The van der Waals surface area contributed by atoms with Crippen molar-refractivity contribution in [3.63, 3.8) is 0 Å². The molecule has 0 fully saturated rings. The summed E-state index contributed by atoms with van der Waals surface area (Å²) in [5.41, 5.74) is 1.13. The number of fused-ring (bicyclic) bond motifs is 3. The van der Waals surface area contributed by atoms with Crippen LogP contribution < -0.4 is 5.56 Å². The van der Waals surface area contributed by atoms with E-state index in [1.165, 1.54) is 0 Å². The summed E-state index contributed by atoms with van der Waals surface area (Å²) in [7, 11) is 0. The van der Waals surface area contributed by atoms with Gasteiger partial charge in [0.25, 0.3) is 5.56 Å². The van der Waals surface area contributed by atoms with Crippen LogP contribution in [0.5, 0.6) is 0 Å². The highest BCUT2D eigenvalue weighted by Gasteiger charge is 2.20. The number of benzene rings is 1. The molecule has 1 aliphatic heterocycles. The van der Waals surface area contributed by atoms with Gasteiger partial charge in [-0.1, -0.05) is 11.6 Å². The largest absolute Gasteiger partial charge is 0.279 e. The number of rotatable bonds is 0.